The zero-order valence-corrected chi connectivity index (χ0v) is 16.7. The first-order chi connectivity index (χ1) is 14.2. The second-order valence-corrected chi connectivity index (χ2v) is 7.40. The van der Waals surface area contributed by atoms with Gasteiger partial charge < -0.3 is 15.0 Å². The lowest BCUT2D eigenvalue weighted by molar-refractivity contribution is 0.0952. The first-order valence-corrected chi connectivity index (χ1v) is 10.0. The molecule has 0 bridgehead atoms. The summed E-state index contributed by atoms with van der Waals surface area (Å²) in [4.78, 5) is 14.8. The van der Waals surface area contributed by atoms with Crippen molar-refractivity contribution in [3.05, 3.63) is 95.6 Å². The summed E-state index contributed by atoms with van der Waals surface area (Å²) in [6, 6.07) is 26.2. The fourth-order valence-corrected chi connectivity index (χ4v) is 3.99. The molecule has 1 N–H and O–H groups in total. The molecule has 4 rings (SSSR count). The number of nitrogens with one attached hydrogen (secondary N) is 1. The summed E-state index contributed by atoms with van der Waals surface area (Å²) >= 11 is 0. The lowest BCUT2D eigenvalue weighted by Gasteiger charge is -2.20. The van der Waals surface area contributed by atoms with E-state index in [9.17, 15) is 4.79 Å². The minimum atomic E-state index is -0.0180. The highest BCUT2D eigenvalue weighted by atomic mass is 16.5. The lowest BCUT2D eigenvalue weighted by atomic mass is 9.97. The van der Waals surface area contributed by atoms with Crippen LogP contribution in [0.3, 0.4) is 0 Å². The molecule has 0 saturated heterocycles. The van der Waals surface area contributed by atoms with Crippen LogP contribution in [0.4, 0.5) is 5.69 Å². The summed E-state index contributed by atoms with van der Waals surface area (Å²) in [5.41, 5.74) is 4.56. The smallest absolute Gasteiger partial charge is 0.251 e. The highest BCUT2D eigenvalue weighted by Crippen LogP contribution is 2.40. The topological polar surface area (TPSA) is 41.6 Å². The van der Waals surface area contributed by atoms with Gasteiger partial charge in [0.25, 0.3) is 5.91 Å². The molecule has 0 spiro atoms. The average molecular weight is 386 g/mol. The number of fused-ring (bicyclic) bond motifs is 1. The van der Waals surface area contributed by atoms with Crippen LogP contribution in [0.1, 0.15) is 33.8 Å². The van der Waals surface area contributed by atoms with Gasteiger partial charge in [-0.3, -0.25) is 4.79 Å². The molecule has 4 heteroatoms. The second-order valence-electron chi connectivity index (χ2n) is 7.40. The average Bonchev–Trinajstić information content (AvgIpc) is 3.11. The molecule has 0 saturated carbocycles. The molecule has 0 fully saturated rings. The maximum Gasteiger partial charge on any atom is 0.251 e. The molecular weight excluding hydrogens is 360 g/mol. The number of methoxy groups -OCH3 is 1. The van der Waals surface area contributed by atoms with Gasteiger partial charge in [0, 0.05) is 36.8 Å². The van der Waals surface area contributed by atoms with Crippen LogP contribution < -0.4 is 15.0 Å². The maximum absolute atomic E-state index is 12.3. The molecule has 148 valence electrons. The van der Waals surface area contributed by atoms with Crippen LogP contribution in [0.15, 0.2) is 78.9 Å². The van der Waals surface area contributed by atoms with E-state index >= 15 is 0 Å². The first-order valence-electron chi connectivity index (χ1n) is 10.0. The summed E-state index contributed by atoms with van der Waals surface area (Å²) in [6.45, 7) is 2.47. The number of rotatable bonds is 7. The predicted octanol–water partition coefficient (Wildman–Crippen LogP) is 4.62. The number of nitrogens with zero attached hydrogens (tertiary/aromatic N) is 1. The Morgan fingerprint density at radius 3 is 2.48 bits per heavy atom. The molecule has 0 radical (unpaired) electrons. The van der Waals surface area contributed by atoms with Crippen molar-refractivity contribution in [2.24, 2.45) is 0 Å². The van der Waals surface area contributed by atoms with Crippen LogP contribution in [0.25, 0.3) is 0 Å². The van der Waals surface area contributed by atoms with Crippen molar-refractivity contribution in [2.45, 2.75) is 18.9 Å². The van der Waals surface area contributed by atoms with E-state index in [4.69, 9.17) is 4.74 Å². The Morgan fingerprint density at radius 1 is 1.03 bits per heavy atom. The summed E-state index contributed by atoms with van der Waals surface area (Å²) in [5, 5.41) is 3.06. The third-order valence-corrected chi connectivity index (χ3v) is 5.49. The number of benzene rings is 3. The number of anilines is 1. The molecule has 1 aliphatic heterocycles. The van der Waals surface area contributed by atoms with Crippen LogP contribution in [0.2, 0.25) is 0 Å². The summed E-state index contributed by atoms with van der Waals surface area (Å²) in [7, 11) is 1.70. The standard InChI is InChI=1S/C25H26N2O2/c1-29-22-12-13-24-23(16-22)21(18-27(24)17-19-8-4-2-5-9-19)14-15-26-25(28)20-10-6-3-7-11-20/h2-13,16,21H,14-15,17-18H2,1H3,(H,26,28). The van der Waals surface area contributed by atoms with Gasteiger partial charge in [-0.15, -0.1) is 0 Å². The molecule has 1 unspecified atom stereocenters. The minimum absolute atomic E-state index is 0.0180. The van der Waals surface area contributed by atoms with Crippen molar-refractivity contribution in [3.63, 3.8) is 0 Å². The van der Waals surface area contributed by atoms with Crippen LogP contribution in [0.5, 0.6) is 5.75 Å². The molecule has 3 aromatic carbocycles. The number of carbonyl (C=O) groups is 1. The predicted molar refractivity (Wildman–Crippen MR) is 117 cm³/mol. The summed E-state index contributed by atoms with van der Waals surface area (Å²) < 4.78 is 5.45. The largest absolute Gasteiger partial charge is 0.497 e. The van der Waals surface area contributed by atoms with Gasteiger partial charge in [0.1, 0.15) is 5.75 Å². The molecule has 4 nitrogen and oxygen atoms in total. The van der Waals surface area contributed by atoms with E-state index in [1.54, 1.807) is 7.11 Å². The zero-order chi connectivity index (χ0) is 20.1. The van der Waals surface area contributed by atoms with Gasteiger partial charge in [0.2, 0.25) is 0 Å². The Balaban J connectivity index is 1.45. The number of amides is 1. The van der Waals surface area contributed by atoms with Crippen molar-refractivity contribution in [1.29, 1.82) is 0 Å². The minimum Gasteiger partial charge on any atom is -0.497 e. The zero-order valence-electron chi connectivity index (χ0n) is 16.7. The normalized spacial score (nSPS) is 15.1. The Kier molecular flexibility index (Phi) is 5.80. The summed E-state index contributed by atoms with van der Waals surface area (Å²) in [5.74, 6) is 1.22. The monoisotopic (exact) mass is 386 g/mol. The van der Waals surface area contributed by atoms with Gasteiger partial charge in [0.05, 0.1) is 7.11 Å². The van der Waals surface area contributed by atoms with Gasteiger partial charge >= 0.3 is 0 Å². The maximum atomic E-state index is 12.3. The Hall–Kier alpha value is -3.27. The van der Waals surface area contributed by atoms with Gasteiger partial charge in [-0.05, 0) is 47.9 Å². The van der Waals surface area contributed by atoms with Gasteiger partial charge in [-0.25, -0.2) is 0 Å². The van der Waals surface area contributed by atoms with Gasteiger partial charge in [0.15, 0.2) is 0 Å². The molecule has 1 aliphatic rings. The van der Waals surface area contributed by atoms with E-state index < -0.39 is 0 Å². The SMILES string of the molecule is COc1ccc2c(c1)C(CCNC(=O)c1ccccc1)CN2Cc1ccccc1. The molecule has 1 atom stereocenters. The number of hydrogen-bond acceptors (Lipinski definition) is 3. The van der Waals surface area contributed by atoms with Crippen molar-refractivity contribution in [2.75, 3.05) is 25.1 Å². The van der Waals surface area contributed by atoms with E-state index in [1.165, 1.54) is 16.8 Å². The molecule has 1 amide bonds. The van der Waals surface area contributed by atoms with Gasteiger partial charge in [-0.1, -0.05) is 48.5 Å². The molecule has 0 aliphatic carbocycles. The van der Waals surface area contributed by atoms with Crippen molar-refractivity contribution in [3.8, 4) is 5.75 Å². The molecule has 3 aromatic rings. The van der Waals surface area contributed by atoms with Gasteiger partial charge in [-0.2, -0.15) is 0 Å². The molecule has 1 heterocycles. The number of hydrogen-bond donors (Lipinski definition) is 1. The van der Waals surface area contributed by atoms with E-state index in [0.717, 1.165) is 25.3 Å². The first kappa shape index (κ1) is 19.1. The van der Waals surface area contributed by atoms with Crippen molar-refractivity contribution < 1.29 is 9.53 Å². The Morgan fingerprint density at radius 2 is 1.76 bits per heavy atom. The quantitative estimate of drug-likeness (QED) is 0.644. The van der Waals surface area contributed by atoms with Crippen LogP contribution in [0, 0.1) is 0 Å². The highest BCUT2D eigenvalue weighted by Gasteiger charge is 2.29. The molecular formula is C25H26N2O2. The van der Waals surface area contributed by atoms with Crippen LogP contribution >= 0.6 is 0 Å². The third-order valence-electron chi connectivity index (χ3n) is 5.49. The third kappa shape index (κ3) is 4.43. The highest BCUT2D eigenvalue weighted by molar-refractivity contribution is 5.94. The number of carbonyl (C=O) groups excluding carboxylic acids is 1. The summed E-state index contributed by atoms with van der Waals surface area (Å²) in [6.07, 6.45) is 0.893. The Labute approximate surface area is 172 Å². The van der Waals surface area contributed by atoms with Crippen molar-refractivity contribution >= 4 is 11.6 Å². The van der Waals surface area contributed by atoms with E-state index in [-0.39, 0.29) is 5.91 Å². The molecule has 29 heavy (non-hydrogen) atoms. The van der Waals surface area contributed by atoms with E-state index in [2.05, 4.69) is 46.6 Å². The van der Waals surface area contributed by atoms with E-state index in [0.29, 0.717) is 18.0 Å². The lowest BCUT2D eigenvalue weighted by Crippen LogP contribution is -2.27. The number of ether oxygens (including phenoxy) is 1. The second kappa shape index (κ2) is 8.82. The van der Waals surface area contributed by atoms with Crippen molar-refractivity contribution in [1.82, 2.24) is 5.32 Å². The Bertz CT molecular complexity index is 957. The van der Waals surface area contributed by atoms with Crippen LogP contribution in [-0.4, -0.2) is 26.1 Å². The van der Waals surface area contributed by atoms with E-state index in [1.807, 2.05) is 42.5 Å². The fraction of sp³-hybridized carbons (Fsp3) is 0.240. The van der Waals surface area contributed by atoms with Crippen LogP contribution in [-0.2, 0) is 6.54 Å². The fourth-order valence-electron chi connectivity index (χ4n) is 3.99. The molecule has 0 aromatic heterocycles.